The van der Waals surface area contributed by atoms with Crippen molar-refractivity contribution in [2.24, 2.45) is 5.73 Å². The summed E-state index contributed by atoms with van der Waals surface area (Å²) in [4.78, 5) is 10.7. The molecular formula is C10H8F2N2O3. The molecule has 0 fully saturated rings. The van der Waals surface area contributed by atoms with Gasteiger partial charge in [-0.2, -0.15) is 14.0 Å². The van der Waals surface area contributed by atoms with Gasteiger partial charge in [-0.25, -0.2) is 4.79 Å². The maximum absolute atomic E-state index is 12.1. The van der Waals surface area contributed by atoms with Crippen LogP contribution in [0.15, 0.2) is 12.1 Å². The largest absolute Gasteiger partial charge is 0.478 e. The van der Waals surface area contributed by atoms with Crippen molar-refractivity contribution in [2.45, 2.75) is 13.2 Å². The Morgan fingerprint density at radius 3 is 2.65 bits per heavy atom. The molecule has 0 aliphatic rings. The molecule has 1 aromatic rings. The minimum Gasteiger partial charge on any atom is -0.478 e. The van der Waals surface area contributed by atoms with Gasteiger partial charge < -0.3 is 15.6 Å². The first-order chi connectivity index (χ1) is 7.99. The second kappa shape index (κ2) is 5.23. The Morgan fingerprint density at radius 2 is 2.24 bits per heavy atom. The fourth-order valence-corrected chi connectivity index (χ4v) is 1.28. The Hall–Kier alpha value is -2.20. The van der Waals surface area contributed by atoms with Crippen LogP contribution in [0, 0.1) is 11.3 Å². The Bertz CT molecular complexity index is 483. The lowest BCUT2D eigenvalue weighted by molar-refractivity contribution is -0.0505. The number of nitriles is 1. The predicted octanol–water partition coefficient (Wildman–Crippen LogP) is 1.32. The molecule has 7 heteroatoms. The zero-order chi connectivity index (χ0) is 13.0. The zero-order valence-electron chi connectivity index (χ0n) is 8.48. The van der Waals surface area contributed by atoms with E-state index < -0.39 is 12.6 Å². The van der Waals surface area contributed by atoms with E-state index in [-0.39, 0.29) is 29.0 Å². The molecule has 0 spiro atoms. The van der Waals surface area contributed by atoms with Gasteiger partial charge in [0.2, 0.25) is 0 Å². The van der Waals surface area contributed by atoms with Gasteiger partial charge in [0.25, 0.3) is 0 Å². The van der Waals surface area contributed by atoms with Crippen LogP contribution in [0.5, 0.6) is 5.75 Å². The molecule has 0 bridgehead atoms. The van der Waals surface area contributed by atoms with Crippen molar-refractivity contribution in [3.8, 4) is 11.8 Å². The maximum atomic E-state index is 12.1. The number of hydrogen-bond acceptors (Lipinski definition) is 4. The van der Waals surface area contributed by atoms with Crippen LogP contribution in [0.4, 0.5) is 8.78 Å². The number of carboxylic acid groups (broad SMARTS) is 1. The van der Waals surface area contributed by atoms with Crippen molar-refractivity contribution < 1.29 is 23.4 Å². The average molecular weight is 242 g/mol. The lowest BCUT2D eigenvalue weighted by atomic mass is 10.0. The summed E-state index contributed by atoms with van der Waals surface area (Å²) in [7, 11) is 0. The van der Waals surface area contributed by atoms with E-state index in [1.165, 1.54) is 0 Å². The number of halogens is 2. The summed E-state index contributed by atoms with van der Waals surface area (Å²) in [6.07, 6.45) is 0. The van der Waals surface area contributed by atoms with Crippen LogP contribution in [0.25, 0.3) is 0 Å². The van der Waals surface area contributed by atoms with Crippen LogP contribution in [0.2, 0.25) is 0 Å². The summed E-state index contributed by atoms with van der Waals surface area (Å²) in [6, 6.07) is 3.66. The number of carboxylic acids is 1. The normalized spacial score (nSPS) is 10.1. The third-order valence-electron chi connectivity index (χ3n) is 2.00. The molecule has 0 atom stereocenters. The molecule has 3 N–H and O–H groups in total. The van der Waals surface area contributed by atoms with E-state index >= 15 is 0 Å². The highest BCUT2D eigenvalue weighted by atomic mass is 19.3. The number of ether oxygens (including phenoxy) is 1. The van der Waals surface area contributed by atoms with Gasteiger partial charge in [0.1, 0.15) is 5.75 Å². The number of rotatable bonds is 4. The second-order valence-corrected chi connectivity index (χ2v) is 3.00. The van der Waals surface area contributed by atoms with Gasteiger partial charge in [0.15, 0.2) is 0 Å². The number of alkyl halides is 2. The molecule has 0 aliphatic heterocycles. The standard InChI is InChI=1S/C10H8F2N2O3/c11-10(12)17-8-2-5(9(15)16)1-6(3-13)7(8)4-14/h1-2,10H,4,14H2,(H,15,16). The minimum absolute atomic E-state index is 0.0535. The van der Waals surface area contributed by atoms with Gasteiger partial charge in [-0.05, 0) is 12.1 Å². The average Bonchev–Trinajstić information content (AvgIpc) is 2.26. The molecule has 5 nitrogen and oxygen atoms in total. The van der Waals surface area contributed by atoms with Crippen LogP contribution < -0.4 is 10.5 Å². The Balaban J connectivity index is 3.38. The summed E-state index contributed by atoms with van der Waals surface area (Å²) in [5.74, 6) is -1.73. The molecule has 0 saturated carbocycles. The molecule has 0 radical (unpaired) electrons. The number of nitrogens with two attached hydrogens (primary N) is 1. The number of aromatic carboxylic acids is 1. The highest BCUT2D eigenvalue weighted by Crippen LogP contribution is 2.26. The van der Waals surface area contributed by atoms with Crippen LogP contribution in [-0.4, -0.2) is 17.7 Å². The third kappa shape index (κ3) is 2.89. The van der Waals surface area contributed by atoms with E-state index in [4.69, 9.17) is 16.1 Å². The van der Waals surface area contributed by atoms with E-state index in [0.29, 0.717) is 0 Å². The topological polar surface area (TPSA) is 96.3 Å². The molecule has 0 aromatic heterocycles. The monoisotopic (exact) mass is 242 g/mol. The first-order valence-electron chi connectivity index (χ1n) is 4.44. The first-order valence-corrected chi connectivity index (χ1v) is 4.44. The van der Waals surface area contributed by atoms with Gasteiger partial charge >= 0.3 is 12.6 Å². The number of benzene rings is 1. The van der Waals surface area contributed by atoms with E-state index in [1.807, 2.05) is 0 Å². The van der Waals surface area contributed by atoms with Gasteiger partial charge in [-0.3, -0.25) is 0 Å². The molecule has 90 valence electrons. The third-order valence-corrected chi connectivity index (χ3v) is 2.00. The summed E-state index contributed by atoms with van der Waals surface area (Å²) >= 11 is 0. The first kappa shape index (κ1) is 12.9. The van der Waals surface area contributed by atoms with E-state index in [0.717, 1.165) is 12.1 Å². The molecule has 0 heterocycles. The van der Waals surface area contributed by atoms with Crippen molar-refractivity contribution in [1.82, 2.24) is 0 Å². The molecule has 17 heavy (non-hydrogen) atoms. The smallest absolute Gasteiger partial charge is 0.387 e. The van der Waals surface area contributed by atoms with Crippen molar-refractivity contribution in [1.29, 1.82) is 5.26 Å². The van der Waals surface area contributed by atoms with Crippen molar-refractivity contribution in [3.05, 3.63) is 28.8 Å². The maximum Gasteiger partial charge on any atom is 0.387 e. The van der Waals surface area contributed by atoms with Gasteiger partial charge in [-0.15, -0.1) is 0 Å². The SMILES string of the molecule is N#Cc1cc(C(=O)O)cc(OC(F)F)c1CN. The second-order valence-electron chi connectivity index (χ2n) is 3.00. The number of carbonyl (C=O) groups is 1. The molecule has 0 aliphatic carbocycles. The Labute approximate surface area is 95.0 Å². The Morgan fingerprint density at radius 1 is 1.59 bits per heavy atom. The van der Waals surface area contributed by atoms with Crippen molar-refractivity contribution in [3.63, 3.8) is 0 Å². The summed E-state index contributed by atoms with van der Waals surface area (Å²) in [5.41, 5.74) is 4.95. The molecule has 1 aromatic carbocycles. The van der Waals surface area contributed by atoms with Crippen LogP contribution in [0.3, 0.4) is 0 Å². The molecule has 0 amide bonds. The molecule has 1 rings (SSSR count). The highest BCUT2D eigenvalue weighted by Gasteiger charge is 2.17. The minimum atomic E-state index is -3.11. The lowest BCUT2D eigenvalue weighted by Gasteiger charge is -2.11. The van der Waals surface area contributed by atoms with Crippen LogP contribution in [0.1, 0.15) is 21.5 Å². The van der Waals surface area contributed by atoms with Crippen molar-refractivity contribution >= 4 is 5.97 Å². The zero-order valence-corrected chi connectivity index (χ0v) is 8.48. The van der Waals surface area contributed by atoms with Gasteiger partial charge in [0.05, 0.1) is 17.2 Å². The highest BCUT2D eigenvalue weighted by molar-refractivity contribution is 5.89. The Kier molecular flexibility index (Phi) is 3.96. The lowest BCUT2D eigenvalue weighted by Crippen LogP contribution is -2.10. The number of hydrogen-bond donors (Lipinski definition) is 2. The van der Waals surface area contributed by atoms with Gasteiger partial charge in [-0.1, -0.05) is 0 Å². The van der Waals surface area contributed by atoms with Crippen molar-refractivity contribution in [2.75, 3.05) is 0 Å². The van der Waals surface area contributed by atoms with Crippen LogP contribution in [-0.2, 0) is 6.54 Å². The van der Waals surface area contributed by atoms with Gasteiger partial charge in [0, 0.05) is 12.1 Å². The molecule has 0 saturated heterocycles. The quantitative estimate of drug-likeness (QED) is 0.829. The van der Waals surface area contributed by atoms with E-state index in [1.54, 1.807) is 6.07 Å². The van der Waals surface area contributed by atoms with Crippen LogP contribution >= 0.6 is 0 Å². The fraction of sp³-hybridized carbons (Fsp3) is 0.200. The van der Waals surface area contributed by atoms with E-state index in [2.05, 4.69) is 4.74 Å². The summed E-state index contributed by atoms with van der Waals surface area (Å²) < 4.78 is 28.4. The predicted molar refractivity (Wildman–Crippen MR) is 52.6 cm³/mol. The fourth-order valence-electron chi connectivity index (χ4n) is 1.28. The van der Waals surface area contributed by atoms with E-state index in [9.17, 15) is 13.6 Å². The number of nitrogens with zero attached hydrogens (tertiary/aromatic N) is 1. The summed E-state index contributed by atoms with van der Waals surface area (Å²) in [6.45, 7) is -3.32. The molecule has 0 unspecified atom stereocenters. The molecular weight excluding hydrogens is 234 g/mol. The summed E-state index contributed by atoms with van der Waals surface area (Å²) in [5, 5.41) is 17.5.